The van der Waals surface area contributed by atoms with Crippen LogP contribution >= 0.6 is 11.6 Å². The van der Waals surface area contributed by atoms with E-state index in [0.717, 1.165) is 30.0 Å². The van der Waals surface area contributed by atoms with Crippen molar-refractivity contribution in [3.05, 3.63) is 63.5 Å². The van der Waals surface area contributed by atoms with Crippen molar-refractivity contribution >= 4 is 34.2 Å². The maximum Gasteiger partial charge on any atom is 0.323 e. The second kappa shape index (κ2) is 7.93. The molecule has 7 heteroatoms. The molecule has 2 fully saturated rings. The van der Waals surface area contributed by atoms with Crippen molar-refractivity contribution in [2.75, 3.05) is 25.0 Å². The molecule has 1 amide bonds. The minimum Gasteiger partial charge on any atom is -0.325 e. The monoisotopic (exact) mass is 424 g/mol. The van der Waals surface area contributed by atoms with E-state index in [2.05, 4.69) is 32.3 Å². The van der Waals surface area contributed by atoms with Gasteiger partial charge in [-0.25, -0.2) is 4.79 Å². The van der Waals surface area contributed by atoms with E-state index in [9.17, 15) is 9.59 Å². The number of imidazole rings is 1. The molecular weight excluding hydrogens is 400 g/mol. The van der Waals surface area contributed by atoms with Crippen LogP contribution in [-0.4, -0.2) is 40.4 Å². The van der Waals surface area contributed by atoms with Crippen LogP contribution in [0.2, 0.25) is 5.02 Å². The van der Waals surface area contributed by atoms with Crippen molar-refractivity contribution in [2.45, 2.75) is 19.3 Å². The fourth-order valence-electron chi connectivity index (χ4n) is 5.33. The second-order valence-corrected chi connectivity index (χ2v) is 9.11. The zero-order valence-corrected chi connectivity index (χ0v) is 17.4. The number of hydrogen-bond donors (Lipinski definition) is 3. The number of likely N-dealkylation sites (tertiary alicyclic amines) is 1. The molecule has 2 aliphatic rings. The highest BCUT2D eigenvalue weighted by Crippen LogP contribution is 2.43. The van der Waals surface area contributed by atoms with Gasteiger partial charge in [-0.3, -0.25) is 9.69 Å². The third-order valence-electron chi connectivity index (χ3n) is 6.63. The number of H-pyrrole nitrogens is 2. The largest absolute Gasteiger partial charge is 0.325 e. The lowest BCUT2D eigenvalue weighted by molar-refractivity contribution is -0.117. The van der Waals surface area contributed by atoms with Crippen molar-refractivity contribution in [2.24, 2.45) is 17.8 Å². The Labute approximate surface area is 179 Å². The summed E-state index contributed by atoms with van der Waals surface area (Å²) in [7, 11) is 0. The third kappa shape index (κ3) is 4.02. The Bertz CT molecular complexity index is 1140. The molecule has 156 valence electrons. The summed E-state index contributed by atoms with van der Waals surface area (Å²) in [6.45, 7) is 2.38. The van der Waals surface area contributed by atoms with E-state index in [-0.39, 0.29) is 11.6 Å². The maximum atomic E-state index is 12.6. The van der Waals surface area contributed by atoms with Gasteiger partial charge in [0.1, 0.15) is 0 Å². The highest BCUT2D eigenvalue weighted by Gasteiger charge is 2.42. The van der Waals surface area contributed by atoms with Crippen LogP contribution in [0.25, 0.3) is 11.0 Å². The molecule has 1 aliphatic carbocycles. The van der Waals surface area contributed by atoms with Gasteiger partial charge in [0.25, 0.3) is 0 Å². The molecule has 3 aromatic rings. The van der Waals surface area contributed by atoms with E-state index in [0.29, 0.717) is 35.5 Å². The van der Waals surface area contributed by atoms with Crippen molar-refractivity contribution in [1.82, 2.24) is 14.9 Å². The molecule has 0 spiro atoms. The van der Waals surface area contributed by atoms with Crippen molar-refractivity contribution in [3.8, 4) is 0 Å². The first-order valence-electron chi connectivity index (χ1n) is 10.5. The zero-order chi connectivity index (χ0) is 20.7. The Morgan fingerprint density at radius 2 is 1.97 bits per heavy atom. The van der Waals surface area contributed by atoms with E-state index in [1.807, 2.05) is 18.2 Å². The fourth-order valence-corrected chi connectivity index (χ4v) is 5.55. The Kier molecular flexibility index (Phi) is 5.13. The topological polar surface area (TPSA) is 81.0 Å². The smallest absolute Gasteiger partial charge is 0.323 e. The van der Waals surface area contributed by atoms with Gasteiger partial charge in [0, 0.05) is 23.8 Å². The van der Waals surface area contributed by atoms with Crippen molar-refractivity contribution in [1.29, 1.82) is 0 Å². The standard InChI is InChI=1S/C23H25ClN4O2/c24-17-3-1-2-14(9-17)8-15-4-5-16-11-28(12-19(15)16)13-22(29)25-18-6-7-20-21(10-18)27-23(30)26-20/h1-3,6-7,9-10,15-16,19H,4-5,8,11-13H2,(H,25,29)(H2,26,27,30)/t15-,16-,19-/m1/s1. The molecule has 6 nitrogen and oxygen atoms in total. The lowest BCUT2D eigenvalue weighted by Crippen LogP contribution is -2.32. The highest BCUT2D eigenvalue weighted by atomic mass is 35.5. The molecule has 2 aromatic carbocycles. The average Bonchev–Trinajstić information content (AvgIpc) is 3.36. The van der Waals surface area contributed by atoms with Gasteiger partial charge >= 0.3 is 5.69 Å². The van der Waals surface area contributed by atoms with Crippen LogP contribution in [0.15, 0.2) is 47.3 Å². The van der Waals surface area contributed by atoms with Gasteiger partial charge in [-0.1, -0.05) is 23.7 Å². The summed E-state index contributed by atoms with van der Waals surface area (Å²) in [4.78, 5) is 31.7. The van der Waals surface area contributed by atoms with Gasteiger partial charge in [-0.2, -0.15) is 0 Å². The Balaban J connectivity index is 1.18. The number of benzene rings is 2. The molecule has 3 N–H and O–H groups in total. The minimum absolute atomic E-state index is 0.0152. The van der Waals surface area contributed by atoms with Crippen LogP contribution in [0.1, 0.15) is 18.4 Å². The second-order valence-electron chi connectivity index (χ2n) is 8.68. The molecule has 1 saturated carbocycles. The van der Waals surface area contributed by atoms with Crippen LogP contribution in [0, 0.1) is 17.8 Å². The lowest BCUT2D eigenvalue weighted by Gasteiger charge is -2.20. The predicted molar refractivity (Wildman–Crippen MR) is 119 cm³/mol. The fraction of sp³-hybridized carbons (Fsp3) is 0.391. The number of anilines is 1. The number of aromatic nitrogens is 2. The molecule has 0 bridgehead atoms. The minimum atomic E-state index is -0.246. The summed E-state index contributed by atoms with van der Waals surface area (Å²) in [5.74, 6) is 1.98. The summed E-state index contributed by atoms with van der Waals surface area (Å²) in [6.07, 6.45) is 3.57. The summed E-state index contributed by atoms with van der Waals surface area (Å²) in [5.41, 5.74) is 3.18. The molecule has 2 heterocycles. The predicted octanol–water partition coefficient (Wildman–Crippen LogP) is 3.65. The summed E-state index contributed by atoms with van der Waals surface area (Å²) in [5, 5.41) is 3.76. The number of hydrogen-bond acceptors (Lipinski definition) is 3. The zero-order valence-electron chi connectivity index (χ0n) is 16.7. The average molecular weight is 425 g/mol. The number of carbonyl (C=O) groups excluding carboxylic acids is 1. The molecule has 3 atom stereocenters. The molecule has 30 heavy (non-hydrogen) atoms. The third-order valence-corrected chi connectivity index (χ3v) is 6.87. The molecule has 1 aliphatic heterocycles. The van der Waals surface area contributed by atoms with Gasteiger partial charge < -0.3 is 15.3 Å². The van der Waals surface area contributed by atoms with Crippen LogP contribution in [-0.2, 0) is 11.2 Å². The summed E-state index contributed by atoms with van der Waals surface area (Å²) < 4.78 is 0. The van der Waals surface area contributed by atoms with E-state index < -0.39 is 0 Å². The number of fused-ring (bicyclic) bond motifs is 2. The number of rotatable bonds is 5. The highest BCUT2D eigenvalue weighted by molar-refractivity contribution is 6.30. The van der Waals surface area contributed by atoms with Gasteiger partial charge in [-0.15, -0.1) is 0 Å². The molecule has 0 radical (unpaired) electrons. The molecule has 0 unspecified atom stereocenters. The first kappa shape index (κ1) is 19.4. The maximum absolute atomic E-state index is 12.6. The molecule has 1 aromatic heterocycles. The van der Waals surface area contributed by atoms with Gasteiger partial charge in [0.05, 0.1) is 17.6 Å². The van der Waals surface area contributed by atoms with Crippen LogP contribution in [0.5, 0.6) is 0 Å². The van der Waals surface area contributed by atoms with Crippen molar-refractivity contribution in [3.63, 3.8) is 0 Å². The first-order chi connectivity index (χ1) is 14.5. The van der Waals surface area contributed by atoms with Gasteiger partial charge in [-0.05, 0) is 72.9 Å². The van der Waals surface area contributed by atoms with Gasteiger partial charge in [0.15, 0.2) is 0 Å². The number of nitrogens with zero attached hydrogens (tertiary/aromatic N) is 1. The summed E-state index contributed by atoms with van der Waals surface area (Å²) >= 11 is 6.15. The number of carbonyl (C=O) groups is 1. The number of halogens is 1. The van der Waals surface area contributed by atoms with E-state index in [4.69, 9.17) is 11.6 Å². The van der Waals surface area contributed by atoms with Crippen molar-refractivity contribution < 1.29 is 4.79 Å². The Morgan fingerprint density at radius 3 is 2.83 bits per heavy atom. The normalized spacial score (nSPS) is 23.7. The SMILES string of the molecule is O=C(CN1C[C@H]2CC[C@H](Cc3cccc(Cl)c3)[C@H]2C1)Nc1ccc2[nH]c(=O)[nH]c2c1. The Morgan fingerprint density at radius 1 is 1.10 bits per heavy atom. The molecule has 5 rings (SSSR count). The summed E-state index contributed by atoms with van der Waals surface area (Å²) in [6, 6.07) is 13.6. The number of nitrogens with one attached hydrogen (secondary N) is 3. The molecule has 1 saturated heterocycles. The van der Waals surface area contributed by atoms with Crippen LogP contribution in [0.4, 0.5) is 5.69 Å². The molecular formula is C23H25ClN4O2. The van der Waals surface area contributed by atoms with E-state index in [1.165, 1.54) is 18.4 Å². The number of amides is 1. The lowest BCUT2D eigenvalue weighted by atomic mass is 9.87. The van der Waals surface area contributed by atoms with Gasteiger partial charge in [0.2, 0.25) is 5.91 Å². The van der Waals surface area contributed by atoms with E-state index in [1.54, 1.807) is 12.1 Å². The first-order valence-corrected chi connectivity index (χ1v) is 10.9. The number of aromatic amines is 2. The van der Waals surface area contributed by atoms with Crippen LogP contribution < -0.4 is 11.0 Å². The van der Waals surface area contributed by atoms with Crippen LogP contribution in [0.3, 0.4) is 0 Å². The quantitative estimate of drug-likeness (QED) is 0.584. The van der Waals surface area contributed by atoms with E-state index >= 15 is 0 Å². The Hall–Kier alpha value is -2.57.